The van der Waals surface area contributed by atoms with Gasteiger partial charge in [-0.3, -0.25) is 0 Å². The molecule has 0 aliphatic rings. The van der Waals surface area contributed by atoms with E-state index in [0.717, 1.165) is 5.56 Å². The van der Waals surface area contributed by atoms with Gasteiger partial charge in [0, 0.05) is 6.04 Å². The van der Waals surface area contributed by atoms with Crippen molar-refractivity contribution in [2.75, 3.05) is 0 Å². The van der Waals surface area contributed by atoms with Crippen LogP contribution in [-0.4, -0.2) is 26.9 Å². The molecular formula is C12H15N2O7S-. The third kappa shape index (κ3) is 8.32. The van der Waals surface area contributed by atoms with Gasteiger partial charge >= 0.3 is 12.1 Å². The highest BCUT2D eigenvalue weighted by atomic mass is 32.2. The highest BCUT2D eigenvalue weighted by Gasteiger charge is 2.13. The second-order valence-electron chi connectivity index (χ2n) is 4.15. The summed E-state index contributed by atoms with van der Waals surface area (Å²) >= 11 is -2.74. The van der Waals surface area contributed by atoms with E-state index < -0.39 is 29.5 Å². The topological polar surface area (TPSA) is 126 Å². The van der Waals surface area contributed by atoms with Crippen molar-refractivity contribution in [1.29, 1.82) is 0 Å². The second-order valence-corrected chi connectivity index (χ2v) is 4.72. The molecular weight excluding hydrogens is 316 g/mol. The molecule has 22 heavy (non-hydrogen) atoms. The molecule has 122 valence electrons. The minimum absolute atomic E-state index is 0.0331. The van der Waals surface area contributed by atoms with Crippen molar-refractivity contribution in [3.8, 4) is 0 Å². The predicted molar refractivity (Wildman–Crippen MR) is 73.1 cm³/mol. The van der Waals surface area contributed by atoms with Gasteiger partial charge in [0.25, 0.3) is 0 Å². The third-order valence-corrected chi connectivity index (χ3v) is 2.48. The van der Waals surface area contributed by atoms with Gasteiger partial charge in [0.15, 0.2) is 0 Å². The Hall–Kier alpha value is -2.01. The van der Waals surface area contributed by atoms with Crippen LogP contribution in [-0.2, 0) is 36.6 Å². The molecule has 0 spiro atoms. The number of nitrogens with one attached hydrogen (secondary N) is 2. The van der Waals surface area contributed by atoms with Crippen LogP contribution in [0.1, 0.15) is 18.9 Å². The lowest BCUT2D eigenvalue weighted by molar-refractivity contribution is -0.150. The number of benzene rings is 1. The van der Waals surface area contributed by atoms with E-state index in [4.69, 9.17) is 4.74 Å². The fourth-order valence-electron chi connectivity index (χ4n) is 1.31. The Labute approximate surface area is 129 Å². The summed E-state index contributed by atoms with van der Waals surface area (Å²) in [6, 6.07) is 8.32. The Balaban J connectivity index is 2.17. The number of carbonyl (C=O) groups excluding carboxylic acids is 2. The molecule has 0 aliphatic heterocycles. The van der Waals surface area contributed by atoms with E-state index in [2.05, 4.69) is 14.6 Å². The molecule has 0 saturated heterocycles. The number of ether oxygens (including phenoxy) is 1. The Bertz CT molecular complexity index is 511. The van der Waals surface area contributed by atoms with Gasteiger partial charge < -0.3 is 14.1 Å². The van der Waals surface area contributed by atoms with Crippen LogP contribution in [0.4, 0.5) is 4.79 Å². The lowest BCUT2D eigenvalue weighted by Gasteiger charge is -2.13. The summed E-state index contributed by atoms with van der Waals surface area (Å²) in [5, 5.41) is 0. The van der Waals surface area contributed by atoms with Crippen LogP contribution in [0.15, 0.2) is 30.3 Å². The SMILES string of the molecule is CC(CC(=O)ONC(=O)OCc1ccccc1)NOS(=O)[O-]. The molecule has 1 aromatic rings. The Morgan fingerprint density at radius 2 is 2.00 bits per heavy atom. The first-order valence-electron chi connectivity index (χ1n) is 6.16. The minimum atomic E-state index is -2.74. The van der Waals surface area contributed by atoms with Crippen molar-refractivity contribution < 1.29 is 32.2 Å². The predicted octanol–water partition coefficient (Wildman–Crippen LogP) is 0.465. The van der Waals surface area contributed by atoms with E-state index >= 15 is 0 Å². The van der Waals surface area contributed by atoms with Crippen molar-refractivity contribution in [1.82, 2.24) is 11.0 Å². The van der Waals surface area contributed by atoms with Gasteiger partial charge in [0.2, 0.25) is 0 Å². The molecule has 0 fully saturated rings. The summed E-state index contributed by atoms with van der Waals surface area (Å²) < 4.78 is 29.1. The largest absolute Gasteiger partial charge is 0.748 e. The second kappa shape index (κ2) is 9.84. The summed E-state index contributed by atoms with van der Waals surface area (Å²) in [6.07, 6.45) is -1.15. The average Bonchev–Trinajstić information content (AvgIpc) is 2.50. The van der Waals surface area contributed by atoms with Crippen LogP contribution in [0.25, 0.3) is 0 Å². The van der Waals surface area contributed by atoms with Crippen molar-refractivity contribution in [3.63, 3.8) is 0 Å². The Kier molecular flexibility index (Phi) is 8.07. The van der Waals surface area contributed by atoms with Crippen molar-refractivity contribution in [3.05, 3.63) is 35.9 Å². The van der Waals surface area contributed by atoms with Gasteiger partial charge in [-0.1, -0.05) is 30.3 Å². The molecule has 0 bridgehead atoms. The van der Waals surface area contributed by atoms with E-state index in [0.29, 0.717) is 0 Å². The summed E-state index contributed by atoms with van der Waals surface area (Å²) in [6.45, 7) is 1.52. The van der Waals surface area contributed by atoms with E-state index in [-0.39, 0.29) is 13.0 Å². The van der Waals surface area contributed by atoms with Gasteiger partial charge in [0.1, 0.15) is 18.0 Å². The molecule has 0 heterocycles. The quantitative estimate of drug-likeness (QED) is 0.545. The first-order valence-corrected chi connectivity index (χ1v) is 7.16. The maximum atomic E-state index is 11.3. The van der Waals surface area contributed by atoms with Crippen LogP contribution in [0.5, 0.6) is 0 Å². The number of amides is 1. The summed E-state index contributed by atoms with van der Waals surface area (Å²) in [7, 11) is 0. The first-order chi connectivity index (χ1) is 10.5. The monoisotopic (exact) mass is 331 g/mol. The first kappa shape index (κ1) is 18.0. The van der Waals surface area contributed by atoms with E-state index in [1.54, 1.807) is 24.3 Å². The molecule has 0 radical (unpaired) electrons. The number of hydrogen-bond donors (Lipinski definition) is 2. The van der Waals surface area contributed by atoms with Crippen LogP contribution < -0.4 is 11.0 Å². The van der Waals surface area contributed by atoms with Crippen molar-refractivity contribution >= 4 is 23.4 Å². The fraction of sp³-hybridized carbons (Fsp3) is 0.333. The number of carbonyl (C=O) groups is 2. The number of hydroxylamine groups is 2. The van der Waals surface area contributed by atoms with E-state index in [1.165, 1.54) is 6.92 Å². The molecule has 9 nitrogen and oxygen atoms in total. The molecule has 1 rings (SSSR count). The number of hydrogen-bond acceptors (Lipinski definition) is 8. The van der Waals surface area contributed by atoms with Crippen molar-refractivity contribution in [2.24, 2.45) is 0 Å². The zero-order chi connectivity index (χ0) is 16.4. The van der Waals surface area contributed by atoms with Crippen LogP contribution in [0.2, 0.25) is 0 Å². The molecule has 1 aromatic carbocycles. The lowest BCUT2D eigenvalue weighted by atomic mass is 10.2. The van der Waals surface area contributed by atoms with Gasteiger partial charge in [0.05, 0.1) is 6.42 Å². The fourth-order valence-corrected chi connectivity index (χ4v) is 1.55. The molecule has 10 heteroatoms. The lowest BCUT2D eigenvalue weighted by Crippen LogP contribution is -2.33. The Morgan fingerprint density at radius 3 is 2.64 bits per heavy atom. The third-order valence-electron chi connectivity index (χ3n) is 2.25. The maximum Gasteiger partial charge on any atom is 0.441 e. The van der Waals surface area contributed by atoms with Gasteiger partial charge in [-0.15, -0.1) is 5.48 Å². The van der Waals surface area contributed by atoms with Crippen LogP contribution in [0, 0.1) is 0 Å². The molecule has 2 unspecified atom stereocenters. The zero-order valence-electron chi connectivity index (χ0n) is 11.6. The highest BCUT2D eigenvalue weighted by molar-refractivity contribution is 7.74. The average molecular weight is 331 g/mol. The summed E-state index contributed by atoms with van der Waals surface area (Å²) in [4.78, 5) is 27.1. The van der Waals surface area contributed by atoms with Crippen LogP contribution in [0.3, 0.4) is 0 Å². The van der Waals surface area contributed by atoms with Crippen molar-refractivity contribution in [2.45, 2.75) is 26.0 Å². The normalized spacial score (nSPS) is 13.0. The highest BCUT2D eigenvalue weighted by Crippen LogP contribution is 2.00. The zero-order valence-corrected chi connectivity index (χ0v) is 12.5. The van der Waals surface area contributed by atoms with Gasteiger partial charge in [-0.05, 0) is 12.5 Å². The van der Waals surface area contributed by atoms with E-state index in [1.807, 2.05) is 11.5 Å². The molecule has 0 saturated carbocycles. The minimum Gasteiger partial charge on any atom is -0.748 e. The molecule has 1 amide bonds. The molecule has 2 atom stereocenters. The van der Waals surface area contributed by atoms with Crippen LogP contribution >= 0.6 is 0 Å². The summed E-state index contributed by atoms with van der Waals surface area (Å²) in [5.74, 6) is -0.794. The standard InChI is InChI=1S/C12H16N2O7S/c1-9(13-21-22(17)18)7-11(15)20-14-12(16)19-8-10-5-3-2-4-6-10/h2-6,9,13H,7-8H2,1H3,(H,14,16)(H,17,18)/p-1. The van der Waals surface area contributed by atoms with Gasteiger partial charge in [-0.2, -0.15) is 5.48 Å². The van der Waals surface area contributed by atoms with Gasteiger partial charge in [-0.25, -0.2) is 18.1 Å². The molecule has 0 aromatic heterocycles. The molecule has 2 N–H and O–H groups in total. The Morgan fingerprint density at radius 1 is 1.32 bits per heavy atom. The number of rotatable bonds is 7. The smallest absolute Gasteiger partial charge is 0.441 e. The molecule has 0 aliphatic carbocycles. The van der Waals surface area contributed by atoms with E-state index in [9.17, 15) is 18.4 Å². The maximum absolute atomic E-state index is 11.3. The summed E-state index contributed by atoms with van der Waals surface area (Å²) in [5.41, 5.74) is 4.69.